The molecule has 1 aromatic rings. The first-order valence-electron chi connectivity index (χ1n) is 8.05. The van der Waals surface area contributed by atoms with Crippen LogP contribution in [0, 0.1) is 0 Å². The highest BCUT2D eigenvalue weighted by Crippen LogP contribution is 2.34. The van der Waals surface area contributed by atoms with E-state index in [0.29, 0.717) is 42.5 Å². The minimum Gasteiger partial charge on any atom is -0.444 e. The highest BCUT2D eigenvalue weighted by Gasteiger charge is 2.38. The fourth-order valence-electron chi connectivity index (χ4n) is 3.11. The van der Waals surface area contributed by atoms with Crippen LogP contribution >= 0.6 is 11.6 Å². The average Bonchev–Trinajstić information content (AvgIpc) is 2.83. The number of ether oxygens (including phenoxy) is 1. The quantitative estimate of drug-likeness (QED) is 0.725. The smallest absolute Gasteiger partial charge is 0.410 e. The second-order valence-electron chi connectivity index (χ2n) is 7.11. The Labute approximate surface area is 145 Å². The first-order valence-corrected chi connectivity index (χ1v) is 8.43. The Bertz CT molecular complexity index is 666. The Morgan fingerprint density at radius 1 is 1.29 bits per heavy atom. The summed E-state index contributed by atoms with van der Waals surface area (Å²) in [5.74, 6) is 0.596. The van der Waals surface area contributed by atoms with Gasteiger partial charge < -0.3 is 9.64 Å². The molecule has 1 aromatic heterocycles. The highest BCUT2D eigenvalue weighted by atomic mass is 35.5. The van der Waals surface area contributed by atoms with Crippen molar-refractivity contribution in [2.24, 2.45) is 0 Å². The lowest BCUT2D eigenvalue weighted by atomic mass is 10.0. The summed E-state index contributed by atoms with van der Waals surface area (Å²) < 4.78 is 5.40. The zero-order chi connectivity index (χ0) is 17.5. The zero-order valence-electron chi connectivity index (χ0n) is 14.1. The molecule has 0 spiro atoms. The summed E-state index contributed by atoms with van der Waals surface area (Å²) in [6.07, 6.45) is 2.68. The zero-order valence-corrected chi connectivity index (χ0v) is 14.8. The largest absolute Gasteiger partial charge is 0.444 e. The van der Waals surface area contributed by atoms with E-state index in [1.807, 2.05) is 20.8 Å². The first-order chi connectivity index (χ1) is 11.3. The number of likely N-dealkylation sites (tertiary alicyclic amines) is 1. The molecule has 0 N–H and O–H groups in total. The summed E-state index contributed by atoms with van der Waals surface area (Å²) in [5, 5.41) is 0.335. The van der Waals surface area contributed by atoms with Crippen LogP contribution in [-0.2, 0) is 16.0 Å². The summed E-state index contributed by atoms with van der Waals surface area (Å²) in [5.41, 5.74) is 0.185. The molecule has 0 unspecified atom stereocenters. The Kier molecular flexibility index (Phi) is 4.38. The molecule has 0 atom stereocenters. The van der Waals surface area contributed by atoms with Crippen LogP contribution in [0.4, 0.5) is 10.6 Å². The molecule has 1 saturated heterocycles. The van der Waals surface area contributed by atoms with Gasteiger partial charge in [-0.1, -0.05) is 11.6 Å². The SMILES string of the molecule is CC(C)(C)OC(=O)N1CCC(N2C(=O)Cc3c(Cl)ncnc32)CC1. The van der Waals surface area contributed by atoms with Gasteiger partial charge in [-0.2, -0.15) is 0 Å². The third-order valence-electron chi connectivity index (χ3n) is 4.18. The summed E-state index contributed by atoms with van der Waals surface area (Å²) in [6, 6.07) is 0.0170. The van der Waals surface area contributed by atoms with E-state index in [4.69, 9.17) is 16.3 Å². The molecule has 0 aliphatic carbocycles. The maximum atomic E-state index is 12.4. The summed E-state index contributed by atoms with van der Waals surface area (Å²) in [7, 11) is 0. The molecule has 0 bridgehead atoms. The maximum absolute atomic E-state index is 12.4. The molecule has 1 fully saturated rings. The molecule has 7 nitrogen and oxygen atoms in total. The summed E-state index contributed by atoms with van der Waals surface area (Å²) >= 11 is 6.07. The van der Waals surface area contributed by atoms with E-state index < -0.39 is 5.60 Å². The van der Waals surface area contributed by atoms with E-state index in [9.17, 15) is 9.59 Å². The van der Waals surface area contributed by atoms with Crippen LogP contribution in [0.3, 0.4) is 0 Å². The Morgan fingerprint density at radius 3 is 2.58 bits per heavy atom. The van der Waals surface area contributed by atoms with E-state index in [1.165, 1.54) is 6.33 Å². The van der Waals surface area contributed by atoms with Gasteiger partial charge in [0, 0.05) is 24.7 Å². The number of aromatic nitrogens is 2. The second kappa shape index (κ2) is 6.20. The second-order valence-corrected chi connectivity index (χ2v) is 7.46. The summed E-state index contributed by atoms with van der Waals surface area (Å²) in [4.78, 5) is 36.1. The number of hydrogen-bond acceptors (Lipinski definition) is 5. The summed E-state index contributed by atoms with van der Waals surface area (Å²) in [6.45, 7) is 6.65. The van der Waals surface area contributed by atoms with Gasteiger partial charge >= 0.3 is 6.09 Å². The number of nitrogens with zero attached hydrogens (tertiary/aromatic N) is 4. The van der Waals surface area contributed by atoms with Crippen LogP contribution in [0.1, 0.15) is 39.2 Å². The van der Waals surface area contributed by atoms with Crippen molar-refractivity contribution < 1.29 is 14.3 Å². The van der Waals surface area contributed by atoms with Gasteiger partial charge in [0.2, 0.25) is 5.91 Å². The number of fused-ring (bicyclic) bond motifs is 1. The van der Waals surface area contributed by atoms with Gasteiger partial charge in [-0.05, 0) is 33.6 Å². The van der Waals surface area contributed by atoms with Crippen LogP contribution in [-0.4, -0.2) is 51.6 Å². The van der Waals surface area contributed by atoms with Gasteiger partial charge in [-0.15, -0.1) is 0 Å². The first kappa shape index (κ1) is 17.0. The topological polar surface area (TPSA) is 75.6 Å². The predicted molar refractivity (Wildman–Crippen MR) is 89.1 cm³/mol. The lowest BCUT2D eigenvalue weighted by Crippen LogP contribution is -2.49. The van der Waals surface area contributed by atoms with Gasteiger partial charge in [0.05, 0.1) is 6.42 Å². The van der Waals surface area contributed by atoms with Crippen LogP contribution in [0.2, 0.25) is 5.15 Å². The molecule has 2 aliphatic rings. The highest BCUT2D eigenvalue weighted by molar-refractivity contribution is 6.31. The van der Waals surface area contributed by atoms with Crippen LogP contribution < -0.4 is 4.90 Å². The lowest BCUT2D eigenvalue weighted by molar-refractivity contribution is -0.118. The molecule has 130 valence electrons. The Hall–Kier alpha value is -1.89. The van der Waals surface area contributed by atoms with Crippen molar-refractivity contribution in [3.05, 3.63) is 17.0 Å². The molecule has 3 heterocycles. The van der Waals surface area contributed by atoms with E-state index in [0.717, 1.165) is 0 Å². The molecule has 0 saturated carbocycles. The Morgan fingerprint density at radius 2 is 1.96 bits per heavy atom. The fraction of sp³-hybridized carbons (Fsp3) is 0.625. The van der Waals surface area contributed by atoms with Gasteiger partial charge in [-0.25, -0.2) is 14.8 Å². The van der Waals surface area contributed by atoms with E-state index in [-0.39, 0.29) is 24.5 Å². The molecule has 2 amide bonds. The molecule has 24 heavy (non-hydrogen) atoms. The van der Waals surface area contributed by atoms with Gasteiger partial charge in [0.15, 0.2) is 0 Å². The number of carbonyl (C=O) groups excluding carboxylic acids is 2. The third-order valence-corrected chi connectivity index (χ3v) is 4.50. The molecule has 0 aromatic carbocycles. The van der Waals surface area contributed by atoms with Crippen LogP contribution in [0.5, 0.6) is 0 Å². The van der Waals surface area contributed by atoms with E-state index in [1.54, 1.807) is 9.80 Å². The molecule has 2 aliphatic heterocycles. The van der Waals surface area contributed by atoms with Crippen molar-refractivity contribution in [1.82, 2.24) is 14.9 Å². The van der Waals surface area contributed by atoms with Crippen molar-refractivity contribution in [3.8, 4) is 0 Å². The van der Waals surface area contributed by atoms with Crippen LogP contribution in [0.25, 0.3) is 0 Å². The van der Waals surface area contributed by atoms with Crippen LogP contribution in [0.15, 0.2) is 6.33 Å². The van der Waals surface area contributed by atoms with E-state index >= 15 is 0 Å². The van der Waals surface area contributed by atoms with Crippen molar-refractivity contribution in [3.63, 3.8) is 0 Å². The average molecular weight is 353 g/mol. The number of rotatable bonds is 1. The number of anilines is 1. The number of halogens is 1. The minimum absolute atomic E-state index is 0.0110. The molecular weight excluding hydrogens is 332 g/mol. The van der Waals surface area contributed by atoms with Crippen molar-refractivity contribution in [2.75, 3.05) is 18.0 Å². The van der Waals surface area contributed by atoms with Gasteiger partial charge in [0.1, 0.15) is 22.9 Å². The molecule has 8 heteroatoms. The van der Waals surface area contributed by atoms with Crippen molar-refractivity contribution >= 4 is 29.4 Å². The minimum atomic E-state index is -0.508. The third kappa shape index (κ3) is 3.31. The number of amides is 2. The van der Waals surface area contributed by atoms with Crippen molar-refractivity contribution in [2.45, 2.75) is 51.7 Å². The Balaban J connectivity index is 1.67. The lowest BCUT2D eigenvalue weighted by Gasteiger charge is -2.37. The number of piperidine rings is 1. The van der Waals surface area contributed by atoms with Gasteiger partial charge in [-0.3, -0.25) is 9.69 Å². The van der Waals surface area contributed by atoms with Crippen molar-refractivity contribution in [1.29, 1.82) is 0 Å². The molecular formula is C16H21ClN4O3. The maximum Gasteiger partial charge on any atom is 0.410 e. The van der Waals surface area contributed by atoms with Gasteiger partial charge in [0.25, 0.3) is 0 Å². The standard InChI is InChI=1S/C16H21ClN4O3/c1-16(2,3)24-15(23)20-6-4-10(5-7-20)21-12(22)8-11-13(17)18-9-19-14(11)21/h9-10H,4-8H2,1-3H3. The van der Waals surface area contributed by atoms with E-state index in [2.05, 4.69) is 9.97 Å². The number of hydrogen-bond donors (Lipinski definition) is 0. The molecule has 0 radical (unpaired) electrons. The molecule has 3 rings (SSSR count). The monoisotopic (exact) mass is 352 g/mol. The fourth-order valence-corrected chi connectivity index (χ4v) is 3.30. The predicted octanol–water partition coefficient (Wildman–Crippen LogP) is 2.42. The normalized spacial score (nSPS) is 18.8. The number of carbonyl (C=O) groups is 2.